The molecule has 3 nitrogen and oxygen atoms in total. The molecular formula is C52H34N2O. The van der Waals surface area contributed by atoms with Crippen LogP contribution in [0.3, 0.4) is 0 Å². The summed E-state index contributed by atoms with van der Waals surface area (Å²) in [4.78, 5) is 10.8. The standard InChI is InChI=1S/C52H34N2O/c1-52(37-18-3-2-4-19-37)44-25-9-7-22-41(44)50-42(24-13-26-45(50)52)47-32-46(53-51(54-47)40-23-12-15-33-14-5-6-20-38(33)40)36-17-11-16-34(30-36)35-28-29-49-43(31-35)39-21-8-10-27-48(39)55-49/h2-32H,1H3. The Hall–Kier alpha value is -7.10. The van der Waals surface area contributed by atoms with Gasteiger partial charge >= 0.3 is 0 Å². The van der Waals surface area contributed by atoms with Gasteiger partial charge in [0.25, 0.3) is 0 Å². The zero-order valence-corrected chi connectivity index (χ0v) is 30.2. The van der Waals surface area contributed by atoms with E-state index in [1.165, 1.54) is 27.8 Å². The van der Waals surface area contributed by atoms with Crippen molar-refractivity contribution in [3.8, 4) is 56.2 Å². The van der Waals surface area contributed by atoms with Crippen LogP contribution in [-0.2, 0) is 5.41 Å². The summed E-state index contributed by atoms with van der Waals surface area (Å²) in [6.07, 6.45) is 0. The van der Waals surface area contributed by atoms with Gasteiger partial charge in [0.1, 0.15) is 11.2 Å². The van der Waals surface area contributed by atoms with Crippen molar-refractivity contribution in [2.24, 2.45) is 0 Å². The van der Waals surface area contributed by atoms with Gasteiger partial charge in [0.15, 0.2) is 5.82 Å². The third-order valence-corrected chi connectivity index (χ3v) is 11.6. The van der Waals surface area contributed by atoms with Crippen LogP contribution in [0.2, 0.25) is 0 Å². The molecule has 0 saturated carbocycles. The molecule has 2 heterocycles. The number of furan rings is 1. The molecule has 258 valence electrons. The lowest BCUT2D eigenvalue weighted by atomic mass is 9.74. The van der Waals surface area contributed by atoms with Crippen LogP contribution < -0.4 is 0 Å². The Morgan fingerprint density at radius 3 is 1.98 bits per heavy atom. The van der Waals surface area contributed by atoms with Gasteiger partial charge in [0, 0.05) is 32.9 Å². The summed E-state index contributed by atoms with van der Waals surface area (Å²) in [6, 6.07) is 66.9. The molecule has 0 bridgehead atoms. The first-order valence-electron chi connectivity index (χ1n) is 18.8. The van der Waals surface area contributed by atoms with E-state index in [2.05, 4.69) is 183 Å². The smallest absolute Gasteiger partial charge is 0.161 e. The second-order valence-corrected chi connectivity index (χ2v) is 14.6. The van der Waals surface area contributed by atoms with Gasteiger partial charge in [0.2, 0.25) is 0 Å². The number of hydrogen-bond acceptors (Lipinski definition) is 3. The normalized spacial score (nSPS) is 14.7. The van der Waals surface area contributed by atoms with Crippen molar-refractivity contribution < 1.29 is 4.42 Å². The van der Waals surface area contributed by atoms with E-state index in [0.717, 1.165) is 71.9 Å². The number of aromatic nitrogens is 2. The minimum Gasteiger partial charge on any atom is -0.456 e. The van der Waals surface area contributed by atoms with Gasteiger partial charge in [-0.2, -0.15) is 0 Å². The maximum Gasteiger partial charge on any atom is 0.161 e. The van der Waals surface area contributed by atoms with Crippen molar-refractivity contribution in [1.82, 2.24) is 9.97 Å². The van der Waals surface area contributed by atoms with Gasteiger partial charge in [-0.05, 0) is 87.0 Å². The van der Waals surface area contributed by atoms with Crippen LogP contribution in [0, 0.1) is 0 Å². The molecule has 10 aromatic rings. The van der Waals surface area contributed by atoms with E-state index in [1.54, 1.807) is 0 Å². The number of para-hydroxylation sites is 1. The maximum atomic E-state index is 6.15. The number of hydrogen-bond donors (Lipinski definition) is 0. The maximum absolute atomic E-state index is 6.15. The second-order valence-electron chi connectivity index (χ2n) is 14.6. The number of nitrogens with zero attached hydrogens (tertiary/aromatic N) is 2. The lowest BCUT2D eigenvalue weighted by molar-refractivity contribution is 0.669. The molecule has 55 heavy (non-hydrogen) atoms. The fourth-order valence-electron chi connectivity index (χ4n) is 8.87. The Morgan fingerprint density at radius 1 is 0.418 bits per heavy atom. The molecule has 1 unspecified atom stereocenters. The number of rotatable bonds is 5. The summed E-state index contributed by atoms with van der Waals surface area (Å²) in [5.74, 6) is 0.704. The Kier molecular flexibility index (Phi) is 6.99. The fourth-order valence-corrected chi connectivity index (χ4v) is 8.87. The molecule has 1 aliphatic rings. The third-order valence-electron chi connectivity index (χ3n) is 11.6. The predicted molar refractivity (Wildman–Crippen MR) is 226 cm³/mol. The van der Waals surface area contributed by atoms with Crippen LogP contribution in [0.15, 0.2) is 192 Å². The number of fused-ring (bicyclic) bond motifs is 7. The minimum atomic E-state index is -0.312. The molecule has 0 saturated heterocycles. The molecule has 0 spiro atoms. The molecule has 8 aromatic carbocycles. The largest absolute Gasteiger partial charge is 0.456 e. The van der Waals surface area contributed by atoms with E-state index in [-0.39, 0.29) is 5.41 Å². The van der Waals surface area contributed by atoms with Gasteiger partial charge in [-0.1, -0.05) is 158 Å². The average molecular weight is 703 g/mol. The second kappa shape index (κ2) is 12.2. The van der Waals surface area contributed by atoms with E-state index < -0.39 is 0 Å². The monoisotopic (exact) mass is 702 g/mol. The summed E-state index contributed by atoms with van der Waals surface area (Å²) in [5.41, 5.74) is 15.0. The molecule has 3 heteroatoms. The first kappa shape index (κ1) is 31.4. The molecule has 0 aliphatic heterocycles. The highest BCUT2D eigenvalue weighted by molar-refractivity contribution is 6.06. The summed E-state index contributed by atoms with van der Waals surface area (Å²) in [7, 11) is 0. The van der Waals surface area contributed by atoms with Crippen molar-refractivity contribution in [3.63, 3.8) is 0 Å². The zero-order chi connectivity index (χ0) is 36.5. The summed E-state index contributed by atoms with van der Waals surface area (Å²) in [5, 5.41) is 4.52. The first-order chi connectivity index (χ1) is 27.1. The Morgan fingerprint density at radius 2 is 1.05 bits per heavy atom. The molecule has 0 radical (unpaired) electrons. The SMILES string of the molecule is CC1(c2ccccc2)c2ccccc2-c2c(-c3cc(-c4cccc(-c5ccc6oc7ccccc7c6c5)c4)nc(-c4cccc5ccccc45)n3)cccc21. The van der Waals surface area contributed by atoms with Crippen LogP contribution in [0.1, 0.15) is 23.6 Å². The van der Waals surface area contributed by atoms with Crippen molar-refractivity contribution >= 4 is 32.7 Å². The lowest BCUT2D eigenvalue weighted by Gasteiger charge is -2.28. The van der Waals surface area contributed by atoms with Crippen molar-refractivity contribution in [3.05, 3.63) is 205 Å². The van der Waals surface area contributed by atoms with Gasteiger partial charge < -0.3 is 4.42 Å². The molecule has 0 fully saturated rings. The molecule has 1 atom stereocenters. The first-order valence-corrected chi connectivity index (χ1v) is 18.8. The predicted octanol–water partition coefficient (Wildman–Crippen LogP) is 13.5. The Balaban J connectivity index is 1.13. The number of benzene rings is 8. The molecule has 0 amide bonds. The summed E-state index contributed by atoms with van der Waals surface area (Å²) < 4.78 is 6.15. The highest BCUT2D eigenvalue weighted by Crippen LogP contribution is 2.55. The Bertz CT molecular complexity index is 3120. The van der Waals surface area contributed by atoms with Crippen LogP contribution in [0.4, 0.5) is 0 Å². The average Bonchev–Trinajstić information content (AvgIpc) is 3.76. The molecule has 1 aliphatic carbocycles. The fraction of sp³-hybridized carbons (Fsp3) is 0.0385. The molecular weight excluding hydrogens is 669 g/mol. The quantitative estimate of drug-likeness (QED) is 0.179. The highest BCUT2D eigenvalue weighted by Gasteiger charge is 2.41. The molecule has 2 aromatic heterocycles. The van der Waals surface area contributed by atoms with E-state index in [1.807, 2.05) is 12.1 Å². The van der Waals surface area contributed by atoms with Gasteiger partial charge in [-0.25, -0.2) is 9.97 Å². The van der Waals surface area contributed by atoms with E-state index in [0.29, 0.717) is 5.82 Å². The van der Waals surface area contributed by atoms with Crippen LogP contribution in [0.5, 0.6) is 0 Å². The van der Waals surface area contributed by atoms with Crippen molar-refractivity contribution in [2.45, 2.75) is 12.3 Å². The Labute approximate surface area is 319 Å². The van der Waals surface area contributed by atoms with Crippen LogP contribution in [-0.4, -0.2) is 9.97 Å². The van der Waals surface area contributed by atoms with E-state index in [9.17, 15) is 0 Å². The topological polar surface area (TPSA) is 38.9 Å². The van der Waals surface area contributed by atoms with Gasteiger partial charge in [-0.15, -0.1) is 0 Å². The lowest BCUT2D eigenvalue weighted by Crippen LogP contribution is -2.22. The van der Waals surface area contributed by atoms with Crippen LogP contribution in [0.25, 0.3) is 88.9 Å². The minimum absolute atomic E-state index is 0.312. The summed E-state index contributed by atoms with van der Waals surface area (Å²) in [6.45, 7) is 2.36. The van der Waals surface area contributed by atoms with Gasteiger partial charge in [-0.3, -0.25) is 0 Å². The zero-order valence-electron chi connectivity index (χ0n) is 30.2. The third kappa shape index (κ3) is 4.90. The van der Waals surface area contributed by atoms with Crippen LogP contribution >= 0.6 is 0 Å². The van der Waals surface area contributed by atoms with Gasteiger partial charge in [0.05, 0.1) is 11.4 Å². The molecule has 11 rings (SSSR count). The molecule has 0 N–H and O–H groups in total. The van der Waals surface area contributed by atoms with Crippen molar-refractivity contribution in [2.75, 3.05) is 0 Å². The summed E-state index contributed by atoms with van der Waals surface area (Å²) >= 11 is 0. The highest BCUT2D eigenvalue weighted by atomic mass is 16.3. The van der Waals surface area contributed by atoms with E-state index in [4.69, 9.17) is 14.4 Å². The van der Waals surface area contributed by atoms with Crippen molar-refractivity contribution in [1.29, 1.82) is 0 Å². The van der Waals surface area contributed by atoms with E-state index >= 15 is 0 Å².